The number of ether oxygens (including phenoxy) is 1. The van der Waals surface area contributed by atoms with Gasteiger partial charge in [-0.2, -0.15) is 0 Å². The summed E-state index contributed by atoms with van der Waals surface area (Å²) in [5, 5.41) is 0.639. The van der Waals surface area contributed by atoms with Crippen LogP contribution in [0.4, 0.5) is 11.4 Å². The van der Waals surface area contributed by atoms with Gasteiger partial charge >= 0.3 is 0 Å². The number of amides is 1. The zero-order valence-electron chi connectivity index (χ0n) is 18.2. The number of nitrogens with zero attached hydrogens (tertiary/aromatic N) is 2. The standard InChI is InChI=1S/C24H23Cl2N3O4S/c25-18-14-19(26)16-20(15-18)27-34(31,32)23-8-6-22(7-9-23)33-17-24(30)29-12-10-28(11-13-29)21-4-2-1-3-5-21/h1-9,14-16,27H,10-13,17H2. The van der Waals surface area contributed by atoms with Crippen LogP contribution in [0.1, 0.15) is 0 Å². The highest BCUT2D eigenvalue weighted by molar-refractivity contribution is 7.92. The first-order chi connectivity index (χ1) is 16.3. The Kier molecular flexibility index (Phi) is 7.50. The van der Waals surface area contributed by atoms with Crippen LogP contribution in [0.5, 0.6) is 5.75 Å². The van der Waals surface area contributed by atoms with E-state index in [9.17, 15) is 13.2 Å². The Morgan fingerprint density at radius 2 is 1.50 bits per heavy atom. The quantitative estimate of drug-likeness (QED) is 0.496. The molecule has 7 nitrogen and oxygen atoms in total. The molecular formula is C24H23Cl2N3O4S. The van der Waals surface area contributed by atoms with Gasteiger partial charge in [0.2, 0.25) is 0 Å². The number of hydrogen-bond acceptors (Lipinski definition) is 5. The third kappa shape index (κ3) is 6.14. The Balaban J connectivity index is 1.29. The normalized spacial score (nSPS) is 14.1. The van der Waals surface area contributed by atoms with Crippen molar-refractivity contribution in [2.24, 2.45) is 0 Å². The van der Waals surface area contributed by atoms with Gasteiger partial charge in [-0.25, -0.2) is 8.42 Å². The molecule has 0 aliphatic carbocycles. The van der Waals surface area contributed by atoms with Crippen molar-refractivity contribution in [1.82, 2.24) is 4.90 Å². The smallest absolute Gasteiger partial charge is 0.261 e. The largest absolute Gasteiger partial charge is 0.484 e. The number of sulfonamides is 1. The summed E-state index contributed by atoms with van der Waals surface area (Å²) in [5.41, 5.74) is 1.41. The number of piperazine rings is 1. The zero-order valence-corrected chi connectivity index (χ0v) is 20.5. The van der Waals surface area contributed by atoms with Gasteiger partial charge in [-0.3, -0.25) is 9.52 Å². The highest BCUT2D eigenvalue weighted by Crippen LogP contribution is 2.25. The van der Waals surface area contributed by atoms with E-state index < -0.39 is 10.0 Å². The van der Waals surface area contributed by atoms with Gasteiger partial charge in [0.25, 0.3) is 15.9 Å². The summed E-state index contributed by atoms with van der Waals surface area (Å²) in [6, 6.07) is 20.4. The first kappa shape index (κ1) is 24.2. The van der Waals surface area contributed by atoms with Gasteiger partial charge in [0.1, 0.15) is 5.75 Å². The molecule has 10 heteroatoms. The summed E-state index contributed by atoms with van der Waals surface area (Å²) in [5.74, 6) is 0.296. The van der Waals surface area contributed by atoms with Gasteiger partial charge in [0.05, 0.1) is 10.6 Å². The summed E-state index contributed by atoms with van der Waals surface area (Å²) in [6.07, 6.45) is 0. The first-order valence-corrected chi connectivity index (χ1v) is 12.8. The molecule has 0 radical (unpaired) electrons. The Bertz CT molecular complexity index is 1230. The van der Waals surface area contributed by atoms with Crippen molar-refractivity contribution in [1.29, 1.82) is 0 Å². The van der Waals surface area contributed by atoms with Crippen LogP contribution in [-0.4, -0.2) is 52.0 Å². The molecule has 178 valence electrons. The summed E-state index contributed by atoms with van der Waals surface area (Å²) in [7, 11) is -3.84. The Morgan fingerprint density at radius 1 is 0.882 bits per heavy atom. The number of anilines is 2. The topological polar surface area (TPSA) is 78.9 Å². The molecule has 0 spiro atoms. The molecule has 0 saturated carbocycles. The van der Waals surface area contributed by atoms with E-state index in [1.54, 1.807) is 4.90 Å². The highest BCUT2D eigenvalue weighted by atomic mass is 35.5. The molecule has 1 aliphatic heterocycles. The molecule has 0 unspecified atom stereocenters. The number of benzene rings is 3. The summed E-state index contributed by atoms with van der Waals surface area (Å²) < 4.78 is 33.3. The van der Waals surface area contributed by atoms with E-state index in [2.05, 4.69) is 21.8 Å². The molecule has 3 aromatic carbocycles. The SMILES string of the molecule is O=C(COc1ccc(S(=O)(=O)Nc2cc(Cl)cc(Cl)c2)cc1)N1CCN(c2ccccc2)CC1. The fourth-order valence-electron chi connectivity index (χ4n) is 3.63. The maximum atomic E-state index is 12.6. The van der Waals surface area contributed by atoms with Gasteiger partial charge in [0.15, 0.2) is 6.61 Å². The first-order valence-electron chi connectivity index (χ1n) is 10.6. The lowest BCUT2D eigenvalue weighted by Crippen LogP contribution is -2.50. The fourth-order valence-corrected chi connectivity index (χ4v) is 5.20. The Labute approximate surface area is 208 Å². The molecule has 1 fully saturated rings. The van der Waals surface area contributed by atoms with Crippen LogP contribution in [0.2, 0.25) is 10.0 Å². The van der Waals surface area contributed by atoms with E-state index in [4.69, 9.17) is 27.9 Å². The molecule has 1 heterocycles. The van der Waals surface area contributed by atoms with E-state index in [0.29, 0.717) is 28.9 Å². The molecule has 0 atom stereocenters. The molecule has 1 amide bonds. The second-order valence-electron chi connectivity index (χ2n) is 7.73. The molecule has 1 saturated heterocycles. The van der Waals surface area contributed by atoms with Crippen molar-refractivity contribution in [2.75, 3.05) is 42.4 Å². The van der Waals surface area contributed by atoms with Crippen molar-refractivity contribution in [2.45, 2.75) is 4.90 Å². The lowest BCUT2D eigenvalue weighted by Gasteiger charge is -2.36. The van der Waals surface area contributed by atoms with Crippen molar-refractivity contribution in [3.05, 3.63) is 82.8 Å². The van der Waals surface area contributed by atoms with E-state index in [0.717, 1.165) is 18.8 Å². The van der Waals surface area contributed by atoms with E-state index in [1.807, 2.05) is 18.2 Å². The molecule has 3 aromatic rings. The number of nitrogens with one attached hydrogen (secondary N) is 1. The van der Waals surface area contributed by atoms with Crippen molar-refractivity contribution >= 4 is 50.5 Å². The molecule has 4 rings (SSSR count). The number of hydrogen-bond donors (Lipinski definition) is 1. The predicted molar refractivity (Wildman–Crippen MR) is 134 cm³/mol. The van der Waals surface area contributed by atoms with Crippen LogP contribution < -0.4 is 14.4 Å². The van der Waals surface area contributed by atoms with Gasteiger partial charge in [0, 0.05) is 41.9 Å². The van der Waals surface area contributed by atoms with Crippen molar-refractivity contribution in [3.8, 4) is 5.75 Å². The maximum Gasteiger partial charge on any atom is 0.261 e. The molecule has 0 aromatic heterocycles. The lowest BCUT2D eigenvalue weighted by molar-refractivity contribution is -0.133. The van der Waals surface area contributed by atoms with Gasteiger partial charge in [-0.1, -0.05) is 41.4 Å². The summed E-state index contributed by atoms with van der Waals surface area (Å²) in [6.45, 7) is 2.64. The van der Waals surface area contributed by atoms with Crippen LogP contribution in [-0.2, 0) is 14.8 Å². The number of halogens is 2. The monoisotopic (exact) mass is 519 g/mol. The van der Waals surface area contributed by atoms with Crippen LogP contribution in [0, 0.1) is 0 Å². The van der Waals surface area contributed by atoms with E-state index in [-0.39, 0.29) is 23.1 Å². The zero-order chi connectivity index (χ0) is 24.1. The number of carbonyl (C=O) groups is 1. The van der Waals surface area contributed by atoms with Gasteiger partial charge in [-0.05, 0) is 54.6 Å². The molecule has 0 bridgehead atoms. The Morgan fingerprint density at radius 3 is 2.12 bits per heavy atom. The maximum absolute atomic E-state index is 12.6. The minimum atomic E-state index is -3.84. The van der Waals surface area contributed by atoms with E-state index >= 15 is 0 Å². The molecular weight excluding hydrogens is 497 g/mol. The summed E-state index contributed by atoms with van der Waals surface area (Å²) in [4.78, 5) is 16.6. The predicted octanol–water partition coefficient (Wildman–Crippen LogP) is 4.52. The van der Waals surface area contributed by atoms with Crippen molar-refractivity contribution < 1.29 is 17.9 Å². The van der Waals surface area contributed by atoms with Gasteiger partial charge < -0.3 is 14.5 Å². The van der Waals surface area contributed by atoms with Crippen LogP contribution in [0.15, 0.2) is 77.7 Å². The average molecular weight is 520 g/mol. The highest BCUT2D eigenvalue weighted by Gasteiger charge is 2.22. The Hall–Kier alpha value is -2.94. The number of carbonyl (C=O) groups excluding carboxylic acids is 1. The molecule has 34 heavy (non-hydrogen) atoms. The number of para-hydroxylation sites is 1. The van der Waals surface area contributed by atoms with Gasteiger partial charge in [-0.15, -0.1) is 0 Å². The average Bonchev–Trinajstić information content (AvgIpc) is 2.82. The molecule has 1 aliphatic rings. The third-order valence-electron chi connectivity index (χ3n) is 5.36. The fraction of sp³-hybridized carbons (Fsp3) is 0.208. The second kappa shape index (κ2) is 10.5. The third-order valence-corrected chi connectivity index (χ3v) is 7.20. The summed E-state index contributed by atoms with van der Waals surface area (Å²) >= 11 is 11.9. The minimum Gasteiger partial charge on any atom is -0.484 e. The molecule has 1 N–H and O–H groups in total. The van der Waals surface area contributed by atoms with Crippen LogP contribution >= 0.6 is 23.2 Å². The van der Waals surface area contributed by atoms with Crippen LogP contribution in [0.3, 0.4) is 0 Å². The lowest BCUT2D eigenvalue weighted by atomic mass is 10.2. The van der Waals surface area contributed by atoms with Crippen molar-refractivity contribution in [3.63, 3.8) is 0 Å². The number of rotatable bonds is 7. The second-order valence-corrected chi connectivity index (χ2v) is 10.3. The van der Waals surface area contributed by atoms with E-state index in [1.165, 1.54) is 42.5 Å². The van der Waals surface area contributed by atoms with Crippen LogP contribution in [0.25, 0.3) is 0 Å². The minimum absolute atomic E-state index is 0.0410.